The van der Waals surface area contributed by atoms with Gasteiger partial charge in [-0.1, -0.05) is 34.1 Å². The van der Waals surface area contributed by atoms with E-state index in [1.165, 1.54) is 0 Å². The second-order valence-corrected chi connectivity index (χ2v) is 7.00. The van der Waals surface area contributed by atoms with E-state index in [0.717, 1.165) is 25.8 Å². The van der Waals surface area contributed by atoms with E-state index in [-0.39, 0.29) is 11.3 Å². The molecular formula is C13H29NO2S. The van der Waals surface area contributed by atoms with Gasteiger partial charge in [0.15, 0.2) is 9.84 Å². The van der Waals surface area contributed by atoms with Gasteiger partial charge in [0.25, 0.3) is 0 Å². The van der Waals surface area contributed by atoms with Crippen molar-refractivity contribution in [1.82, 2.24) is 5.32 Å². The molecular weight excluding hydrogens is 234 g/mol. The first-order chi connectivity index (χ1) is 8.03. The molecule has 0 aliphatic rings. The fourth-order valence-corrected chi connectivity index (χ4v) is 4.40. The van der Waals surface area contributed by atoms with E-state index in [1.807, 2.05) is 13.8 Å². The highest BCUT2D eigenvalue weighted by Gasteiger charge is 2.30. The SMILES string of the molecule is CCCNC(CCC)C(CC)S(=O)(=O)CCC. The zero-order valence-electron chi connectivity index (χ0n) is 11.8. The number of sulfone groups is 1. The Morgan fingerprint density at radius 3 is 2.06 bits per heavy atom. The molecule has 2 atom stereocenters. The van der Waals surface area contributed by atoms with E-state index in [1.54, 1.807) is 0 Å². The Labute approximate surface area is 107 Å². The minimum Gasteiger partial charge on any atom is -0.313 e. The molecule has 2 unspecified atom stereocenters. The highest BCUT2D eigenvalue weighted by Crippen LogP contribution is 2.17. The molecule has 0 aromatic rings. The lowest BCUT2D eigenvalue weighted by molar-refractivity contribution is 0.436. The van der Waals surface area contributed by atoms with Crippen molar-refractivity contribution >= 4 is 9.84 Å². The summed E-state index contributed by atoms with van der Waals surface area (Å²) < 4.78 is 24.4. The molecule has 17 heavy (non-hydrogen) atoms. The number of hydrogen-bond acceptors (Lipinski definition) is 3. The van der Waals surface area contributed by atoms with E-state index in [4.69, 9.17) is 0 Å². The van der Waals surface area contributed by atoms with Gasteiger partial charge in [-0.25, -0.2) is 8.42 Å². The summed E-state index contributed by atoms with van der Waals surface area (Å²) in [6.45, 7) is 9.03. The predicted molar refractivity (Wildman–Crippen MR) is 75.1 cm³/mol. The van der Waals surface area contributed by atoms with Crippen LogP contribution in [0.5, 0.6) is 0 Å². The molecule has 104 valence electrons. The van der Waals surface area contributed by atoms with E-state index >= 15 is 0 Å². The van der Waals surface area contributed by atoms with Crippen molar-refractivity contribution in [2.24, 2.45) is 0 Å². The lowest BCUT2D eigenvalue weighted by Gasteiger charge is -2.27. The molecule has 0 aliphatic heterocycles. The van der Waals surface area contributed by atoms with Gasteiger partial charge in [0.2, 0.25) is 0 Å². The fourth-order valence-electron chi connectivity index (χ4n) is 2.28. The van der Waals surface area contributed by atoms with Gasteiger partial charge in [0.1, 0.15) is 0 Å². The molecule has 0 heterocycles. The van der Waals surface area contributed by atoms with Crippen LogP contribution in [0.15, 0.2) is 0 Å². The Morgan fingerprint density at radius 2 is 1.65 bits per heavy atom. The molecule has 0 aliphatic carbocycles. The lowest BCUT2D eigenvalue weighted by Crippen LogP contribution is -2.45. The van der Waals surface area contributed by atoms with E-state index in [0.29, 0.717) is 18.6 Å². The predicted octanol–water partition coefficient (Wildman–Crippen LogP) is 2.76. The zero-order valence-corrected chi connectivity index (χ0v) is 12.6. The van der Waals surface area contributed by atoms with Gasteiger partial charge >= 0.3 is 0 Å². The Bertz CT molecular complexity index is 275. The minimum absolute atomic E-state index is 0.126. The average molecular weight is 263 g/mol. The molecule has 0 saturated carbocycles. The summed E-state index contributed by atoms with van der Waals surface area (Å²) in [5.74, 6) is 0.319. The first-order valence-electron chi connectivity index (χ1n) is 6.98. The van der Waals surface area contributed by atoms with Gasteiger partial charge in [0.05, 0.1) is 11.0 Å². The number of rotatable bonds is 10. The van der Waals surface area contributed by atoms with Crippen LogP contribution in [0.3, 0.4) is 0 Å². The van der Waals surface area contributed by atoms with Gasteiger partial charge in [-0.3, -0.25) is 0 Å². The highest BCUT2D eigenvalue weighted by molar-refractivity contribution is 7.92. The minimum atomic E-state index is -2.94. The van der Waals surface area contributed by atoms with Crippen LogP contribution in [0.1, 0.15) is 59.8 Å². The van der Waals surface area contributed by atoms with Crippen LogP contribution < -0.4 is 5.32 Å². The molecule has 3 nitrogen and oxygen atoms in total. The van der Waals surface area contributed by atoms with Gasteiger partial charge in [0, 0.05) is 6.04 Å². The highest BCUT2D eigenvalue weighted by atomic mass is 32.2. The summed E-state index contributed by atoms with van der Waals surface area (Å²) in [4.78, 5) is 0. The normalized spacial score (nSPS) is 15.8. The molecule has 0 spiro atoms. The molecule has 4 heteroatoms. The summed E-state index contributed by atoms with van der Waals surface area (Å²) >= 11 is 0. The van der Waals surface area contributed by atoms with Crippen molar-refractivity contribution in [2.45, 2.75) is 71.1 Å². The van der Waals surface area contributed by atoms with E-state index in [9.17, 15) is 8.42 Å². The molecule has 0 saturated heterocycles. The van der Waals surface area contributed by atoms with Crippen LogP contribution in [0.25, 0.3) is 0 Å². The van der Waals surface area contributed by atoms with Crippen molar-refractivity contribution in [1.29, 1.82) is 0 Å². The molecule has 0 amide bonds. The van der Waals surface area contributed by atoms with Crippen molar-refractivity contribution in [3.05, 3.63) is 0 Å². The van der Waals surface area contributed by atoms with E-state index in [2.05, 4.69) is 19.2 Å². The van der Waals surface area contributed by atoms with Crippen molar-refractivity contribution < 1.29 is 8.42 Å². The van der Waals surface area contributed by atoms with Crippen LogP contribution in [0.2, 0.25) is 0 Å². The quantitative estimate of drug-likeness (QED) is 0.659. The number of hydrogen-bond donors (Lipinski definition) is 1. The first-order valence-corrected chi connectivity index (χ1v) is 8.69. The third-order valence-electron chi connectivity index (χ3n) is 3.06. The van der Waals surface area contributed by atoms with Gasteiger partial charge in [-0.05, 0) is 32.2 Å². The second-order valence-electron chi connectivity index (χ2n) is 4.66. The molecule has 0 aromatic carbocycles. The smallest absolute Gasteiger partial charge is 0.154 e. The molecule has 0 fully saturated rings. The molecule has 1 N–H and O–H groups in total. The maximum Gasteiger partial charge on any atom is 0.154 e. The van der Waals surface area contributed by atoms with Crippen LogP contribution in [-0.2, 0) is 9.84 Å². The topological polar surface area (TPSA) is 46.2 Å². The van der Waals surface area contributed by atoms with Gasteiger partial charge < -0.3 is 5.32 Å². The maximum absolute atomic E-state index is 12.2. The van der Waals surface area contributed by atoms with Gasteiger partial charge in [-0.15, -0.1) is 0 Å². The van der Waals surface area contributed by atoms with Crippen molar-refractivity contribution in [3.63, 3.8) is 0 Å². The Kier molecular flexibility index (Phi) is 8.88. The lowest BCUT2D eigenvalue weighted by atomic mass is 10.1. The summed E-state index contributed by atoms with van der Waals surface area (Å²) in [6, 6.07) is 0.126. The summed E-state index contributed by atoms with van der Waals surface area (Å²) in [7, 11) is -2.94. The number of nitrogens with one attached hydrogen (secondary N) is 1. The average Bonchev–Trinajstić information content (AvgIpc) is 2.26. The van der Waals surface area contributed by atoms with Crippen molar-refractivity contribution in [3.8, 4) is 0 Å². The molecule has 0 aromatic heterocycles. The fraction of sp³-hybridized carbons (Fsp3) is 1.00. The second kappa shape index (κ2) is 8.92. The standard InChI is InChI=1S/C13H29NO2S/c1-5-9-12(14-10-6-2)13(8-4)17(15,16)11-7-3/h12-14H,5-11H2,1-4H3. The van der Waals surface area contributed by atoms with Gasteiger partial charge in [-0.2, -0.15) is 0 Å². The van der Waals surface area contributed by atoms with Crippen LogP contribution in [0.4, 0.5) is 0 Å². The summed E-state index contributed by atoms with van der Waals surface area (Å²) in [5, 5.41) is 3.19. The molecule has 0 rings (SSSR count). The largest absolute Gasteiger partial charge is 0.313 e. The third kappa shape index (κ3) is 5.87. The Balaban J connectivity index is 4.75. The summed E-state index contributed by atoms with van der Waals surface area (Å²) in [6.07, 6.45) is 4.45. The third-order valence-corrected chi connectivity index (χ3v) is 5.62. The monoisotopic (exact) mass is 263 g/mol. The van der Waals surface area contributed by atoms with Crippen LogP contribution >= 0.6 is 0 Å². The molecule has 0 radical (unpaired) electrons. The van der Waals surface area contributed by atoms with Crippen LogP contribution in [-0.4, -0.2) is 32.0 Å². The maximum atomic E-state index is 12.2. The molecule has 0 bridgehead atoms. The summed E-state index contributed by atoms with van der Waals surface area (Å²) in [5.41, 5.74) is 0. The Hall–Kier alpha value is -0.0900. The van der Waals surface area contributed by atoms with Crippen molar-refractivity contribution in [2.75, 3.05) is 12.3 Å². The van der Waals surface area contributed by atoms with E-state index < -0.39 is 9.84 Å². The van der Waals surface area contributed by atoms with Crippen LogP contribution in [0, 0.1) is 0 Å². The Morgan fingerprint density at radius 1 is 1.00 bits per heavy atom. The zero-order chi connectivity index (χ0) is 13.3. The first kappa shape index (κ1) is 16.9.